The number of benzene rings is 1. The van der Waals surface area contributed by atoms with Crippen LogP contribution in [-0.2, 0) is 0 Å². The zero-order valence-corrected chi connectivity index (χ0v) is 10.6. The Hall–Kier alpha value is -2.04. The molecule has 2 heterocycles. The van der Waals surface area contributed by atoms with Crippen LogP contribution in [0.25, 0.3) is 11.0 Å². The molecule has 0 fully saturated rings. The minimum absolute atomic E-state index is 0.412. The Balaban J connectivity index is 1.90. The Morgan fingerprint density at radius 1 is 1.33 bits per heavy atom. The van der Waals surface area contributed by atoms with Crippen LogP contribution >= 0.6 is 0 Å². The lowest BCUT2D eigenvalue weighted by atomic mass is 10.2. The van der Waals surface area contributed by atoms with E-state index in [4.69, 9.17) is 0 Å². The third kappa shape index (κ3) is 2.03. The van der Waals surface area contributed by atoms with Crippen molar-refractivity contribution in [1.29, 1.82) is 0 Å². The molecule has 0 radical (unpaired) electrons. The fraction of sp³-hybridized carbons (Fsp3) is 0.385. The van der Waals surface area contributed by atoms with Crippen LogP contribution in [0.1, 0.15) is 25.6 Å². The number of aromatic amines is 1. The number of aromatic nitrogens is 2. The summed E-state index contributed by atoms with van der Waals surface area (Å²) in [6.07, 6.45) is 0. The largest absolute Gasteiger partial charge is 0.354 e. The molecule has 2 aromatic rings. The fourth-order valence-electron chi connectivity index (χ4n) is 2.00. The van der Waals surface area contributed by atoms with Crippen molar-refractivity contribution in [3.8, 4) is 0 Å². The second-order valence-corrected chi connectivity index (χ2v) is 4.79. The molecule has 0 spiro atoms. The van der Waals surface area contributed by atoms with Gasteiger partial charge >= 0.3 is 0 Å². The summed E-state index contributed by atoms with van der Waals surface area (Å²) in [6.45, 7) is 6.01. The van der Waals surface area contributed by atoms with E-state index in [9.17, 15) is 0 Å². The van der Waals surface area contributed by atoms with Crippen LogP contribution in [0.5, 0.6) is 0 Å². The van der Waals surface area contributed by atoms with Gasteiger partial charge in [-0.1, -0.05) is 13.8 Å². The van der Waals surface area contributed by atoms with Crippen molar-refractivity contribution in [2.45, 2.75) is 19.8 Å². The molecule has 0 bridgehead atoms. The molecule has 0 amide bonds. The number of fused-ring (bicyclic) bond motifs is 1. The highest BCUT2D eigenvalue weighted by molar-refractivity contribution is 5.96. The van der Waals surface area contributed by atoms with Crippen LogP contribution in [0.15, 0.2) is 23.2 Å². The molecular weight excluding hydrogens is 226 g/mol. The molecule has 94 valence electrons. The Bertz CT molecular complexity index is 596. The van der Waals surface area contributed by atoms with Gasteiger partial charge < -0.3 is 15.6 Å². The van der Waals surface area contributed by atoms with Crippen LogP contribution in [0, 0.1) is 0 Å². The molecule has 18 heavy (non-hydrogen) atoms. The second-order valence-electron chi connectivity index (χ2n) is 4.79. The summed E-state index contributed by atoms with van der Waals surface area (Å²) in [5.74, 6) is 2.28. The maximum atomic E-state index is 4.56. The van der Waals surface area contributed by atoms with Gasteiger partial charge in [-0.3, -0.25) is 4.99 Å². The molecular formula is C13H17N5. The maximum absolute atomic E-state index is 4.56. The van der Waals surface area contributed by atoms with Gasteiger partial charge in [0.1, 0.15) is 5.82 Å². The van der Waals surface area contributed by atoms with Crippen molar-refractivity contribution in [3.05, 3.63) is 24.0 Å². The minimum atomic E-state index is 0.412. The van der Waals surface area contributed by atoms with Crippen LogP contribution in [0.2, 0.25) is 0 Å². The number of H-pyrrole nitrogens is 1. The number of imidazole rings is 1. The summed E-state index contributed by atoms with van der Waals surface area (Å²) in [7, 11) is 0. The number of nitrogens with one attached hydrogen (secondary N) is 3. The van der Waals surface area contributed by atoms with Gasteiger partial charge in [0.05, 0.1) is 17.6 Å². The van der Waals surface area contributed by atoms with E-state index >= 15 is 0 Å². The lowest BCUT2D eigenvalue weighted by Gasteiger charge is -2.05. The predicted octanol–water partition coefficient (Wildman–Crippen LogP) is 2.06. The summed E-state index contributed by atoms with van der Waals surface area (Å²) in [6, 6.07) is 6.11. The van der Waals surface area contributed by atoms with E-state index in [-0.39, 0.29) is 0 Å². The molecule has 0 unspecified atom stereocenters. The average molecular weight is 243 g/mol. The summed E-state index contributed by atoms with van der Waals surface area (Å²) in [5.41, 5.74) is 3.09. The van der Waals surface area contributed by atoms with Crippen molar-refractivity contribution in [1.82, 2.24) is 15.3 Å². The van der Waals surface area contributed by atoms with Crippen LogP contribution < -0.4 is 10.6 Å². The quantitative estimate of drug-likeness (QED) is 0.756. The molecule has 3 rings (SSSR count). The van der Waals surface area contributed by atoms with Gasteiger partial charge in [-0.25, -0.2) is 4.98 Å². The standard InChI is InChI=1S/C13H17N5/c1-8(2)12-17-10-4-3-9(7-11(10)18-12)16-13-14-5-6-15-13/h3-4,7-8H,5-6H2,1-2H3,(H,17,18)(H2,14,15,16). The Labute approximate surface area is 106 Å². The third-order valence-electron chi connectivity index (χ3n) is 2.98. The molecule has 1 aromatic heterocycles. The Morgan fingerprint density at radius 2 is 2.22 bits per heavy atom. The normalized spacial score (nSPS) is 14.9. The number of hydrogen-bond acceptors (Lipinski definition) is 4. The SMILES string of the molecule is CC(C)c1nc2ccc(NC3=NCCN3)cc2[nH]1. The maximum Gasteiger partial charge on any atom is 0.195 e. The molecule has 1 aliphatic heterocycles. The Kier molecular flexibility index (Phi) is 2.66. The molecule has 0 saturated heterocycles. The first kappa shape index (κ1) is 11.1. The number of rotatable bonds is 2. The monoisotopic (exact) mass is 243 g/mol. The van der Waals surface area contributed by atoms with Crippen molar-refractivity contribution in [2.24, 2.45) is 4.99 Å². The molecule has 5 nitrogen and oxygen atoms in total. The summed E-state index contributed by atoms with van der Waals surface area (Å²) in [5, 5.41) is 6.45. The molecule has 0 aliphatic carbocycles. The fourth-order valence-corrected chi connectivity index (χ4v) is 2.00. The van der Waals surface area contributed by atoms with E-state index < -0.39 is 0 Å². The highest BCUT2D eigenvalue weighted by Crippen LogP contribution is 2.20. The topological polar surface area (TPSA) is 65.1 Å². The number of hydrogen-bond donors (Lipinski definition) is 3. The van der Waals surface area contributed by atoms with Gasteiger partial charge in [-0.05, 0) is 18.2 Å². The van der Waals surface area contributed by atoms with Gasteiger partial charge in [-0.15, -0.1) is 0 Å². The van der Waals surface area contributed by atoms with E-state index in [2.05, 4.69) is 45.5 Å². The molecule has 1 aliphatic rings. The van der Waals surface area contributed by atoms with Gasteiger partial charge in [-0.2, -0.15) is 0 Å². The average Bonchev–Trinajstić information content (AvgIpc) is 2.96. The zero-order valence-electron chi connectivity index (χ0n) is 10.6. The number of aliphatic imine (C=N–C) groups is 1. The van der Waals surface area contributed by atoms with Gasteiger partial charge in [0, 0.05) is 18.2 Å². The van der Waals surface area contributed by atoms with Crippen molar-refractivity contribution in [2.75, 3.05) is 18.4 Å². The van der Waals surface area contributed by atoms with Crippen LogP contribution in [0.3, 0.4) is 0 Å². The van der Waals surface area contributed by atoms with Gasteiger partial charge in [0.25, 0.3) is 0 Å². The van der Waals surface area contributed by atoms with Crippen molar-refractivity contribution < 1.29 is 0 Å². The van der Waals surface area contributed by atoms with Crippen molar-refractivity contribution in [3.63, 3.8) is 0 Å². The summed E-state index contributed by atoms with van der Waals surface area (Å²) in [4.78, 5) is 12.2. The first-order chi connectivity index (χ1) is 8.72. The van der Waals surface area contributed by atoms with Crippen LogP contribution in [0.4, 0.5) is 5.69 Å². The first-order valence-electron chi connectivity index (χ1n) is 6.27. The Morgan fingerprint density at radius 3 is 2.94 bits per heavy atom. The van der Waals surface area contributed by atoms with E-state index in [0.717, 1.165) is 41.6 Å². The lowest BCUT2D eigenvalue weighted by Crippen LogP contribution is -2.26. The first-order valence-corrected chi connectivity index (χ1v) is 6.27. The van der Waals surface area contributed by atoms with Crippen molar-refractivity contribution >= 4 is 22.7 Å². The van der Waals surface area contributed by atoms with E-state index in [0.29, 0.717) is 5.92 Å². The molecule has 3 N–H and O–H groups in total. The van der Waals surface area contributed by atoms with E-state index in [1.54, 1.807) is 0 Å². The highest BCUT2D eigenvalue weighted by Gasteiger charge is 2.08. The zero-order chi connectivity index (χ0) is 12.5. The van der Waals surface area contributed by atoms with Gasteiger partial charge in [0.15, 0.2) is 5.96 Å². The minimum Gasteiger partial charge on any atom is -0.354 e. The molecule has 0 saturated carbocycles. The predicted molar refractivity (Wildman–Crippen MR) is 74.1 cm³/mol. The van der Waals surface area contributed by atoms with Crippen LogP contribution in [-0.4, -0.2) is 29.0 Å². The number of nitrogens with zero attached hydrogens (tertiary/aromatic N) is 2. The second kappa shape index (κ2) is 4.33. The number of anilines is 1. The summed E-state index contributed by atoms with van der Waals surface area (Å²) < 4.78 is 0. The highest BCUT2D eigenvalue weighted by atomic mass is 15.2. The number of guanidine groups is 1. The lowest BCUT2D eigenvalue weighted by molar-refractivity contribution is 0.799. The smallest absolute Gasteiger partial charge is 0.195 e. The van der Waals surface area contributed by atoms with E-state index in [1.807, 2.05) is 12.1 Å². The molecule has 1 aromatic carbocycles. The summed E-state index contributed by atoms with van der Waals surface area (Å²) >= 11 is 0. The van der Waals surface area contributed by atoms with Gasteiger partial charge in [0.2, 0.25) is 0 Å². The van der Waals surface area contributed by atoms with E-state index in [1.165, 1.54) is 0 Å². The molecule has 0 atom stereocenters. The molecule has 5 heteroatoms. The third-order valence-corrected chi connectivity index (χ3v) is 2.98.